The first-order valence-electron chi connectivity index (χ1n) is 8.99. The van der Waals surface area contributed by atoms with Gasteiger partial charge in [0.25, 0.3) is 11.6 Å². The van der Waals surface area contributed by atoms with Gasteiger partial charge in [-0.15, -0.1) is 0 Å². The lowest BCUT2D eigenvalue weighted by Crippen LogP contribution is -2.51. The molecule has 3 rings (SSSR count). The number of non-ortho nitro benzene ring substituents is 1. The van der Waals surface area contributed by atoms with Crippen molar-refractivity contribution in [3.8, 4) is 5.75 Å². The monoisotopic (exact) mass is 419 g/mol. The molecular weight excluding hydrogens is 398 g/mol. The smallest absolute Gasteiger partial charge is 0.270 e. The lowest BCUT2D eigenvalue weighted by Gasteiger charge is -2.33. The summed E-state index contributed by atoms with van der Waals surface area (Å²) in [7, 11) is -3.87. The van der Waals surface area contributed by atoms with Crippen LogP contribution in [0.2, 0.25) is 0 Å². The minimum Gasteiger partial charge on any atom is -0.484 e. The number of benzene rings is 2. The molecule has 0 unspecified atom stereocenters. The zero-order valence-electron chi connectivity index (χ0n) is 15.9. The van der Waals surface area contributed by atoms with Crippen LogP contribution in [-0.4, -0.2) is 61.2 Å². The van der Waals surface area contributed by atoms with Gasteiger partial charge in [-0.2, -0.15) is 4.31 Å². The Morgan fingerprint density at radius 2 is 1.76 bits per heavy atom. The molecule has 2 aromatic carbocycles. The number of ether oxygens (including phenoxy) is 1. The van der Waals surface area contributed by atoms with Crippen molar-refractivity contribution < 1.29 is 22.9 Å². The van der Waals surface area contributed by atoms with Crippen LogP contribution < -0.4 is 4.74 Å². The van der Waals surface area contributed by atoms with E-state index in [1.807, 2.05) is 19.1 Å². The molecule has 0 bridgehead atoms. The third-order valence-corrected chi connectivity index (χ3v) is 6.54. The standard InChI is InChI=1S/C19H21N3O6S/c1-15-5-7-17(8-6-15)28-14-19(23)20-9-11-21(12-10-20)29(26,27)18-4-2-3-16(13-18)22(24)25/h2-8,13H,9-12,14H2,1H3. The second-order valence-corrected chi connectivity index (χ2v) is 8.58. The van der Waals surface area contributed by atoms with Crippen molar-refractivity contribution in [1.82, 2.24) is 9.21 Å². The predicted octanol–water partition coefficient (Wildman–Crippen LogP) is 1.82. The Labute approximate surface area is 168 Å². The van der Waals surface area contributed by atoms with E-state index in [1.165, 1.54) is 22.5 Å². The SMILES string of the molecule is Cc1ccc(OCC(=O)N2CCN(S(=O)(=O)c3cccc([N+](=O)[O-])c3)CC2)cc1. The molecule has 0 atom stereocenters. The van der Waals surface area contributed by atoms with Gasteiger partial charge in [0, 0.05) is 38.3 Å². The van der Waals surface area contributed by atoms with Crippen LogP contribution in [0.4, 0.5) is 5.69 Å². The Balaban J connectivity index is 1.58. The molecule has 0 spiro atoms. The van der Waals surface area contributed by atoms with Gasteiger partial charge in [0.2, 0.25) is 10.0 Å². The van der Waals surface area contributed by atoms with Crippen molar-refractivity contribution in [2.75, 3.05) is 32.8 Å². The molecule has 2 aromatic rings. The zero-order valence-corrected chi connectivity index (χ0v) is 16.7. The van der Waals surface area contributed by atoms with Crippen LogP contribution in [0.15, 0.2) is 53.4 Å². The van der Waals surface area contributed by atoms with Crippen LogP contribution in [-0.2, 0) is 14.8 Å². The first-order valence-corrected chi connectivity index (χ1v) is 10.4. The first-order chi connectivity index (χ1) is 13.8. The number of aryl methyl sites for hydroxylation is 1. The van der Waals surface area contributed by atoms with Crippen molar-refractivity contribution in [2.24, 2.45) is 0 Å². The van der Waals surface area contributed by atoms with E-state index < -0.39 is 14.9 Å². The van der Waals surface area contributed by atoms with Crippen molar-refractivity contribution in [3.63, 3.8) is 0 Å². The molecule has 0 saturated carbocycles. The van der Waals surface area contributed by atoms with Crippen LogP contribution in [0.3, 0.4) is 0 Å². The van der Waals surface area contributed by atoms with Crippen molar-refractivity contribution in [1.29, 1.82) is 0 Å². The number of nitrogens with zero attached hydrogens (tertiary/aromatic N) is 3. The van der Waals surface area contributed by atoms with Crippen LogP contribution >= 0.6 is 0 Å². The van der Waals surface area contributed by atoms with Gasteiger partial charge in [0.05, 0.1) is 9.82 Å². The fourth-order valence-corrected chi connectivity index (χ4v) is 4.42. The summed E-state index contributed by atoms with van der Waals surface area (Å²) in [5.41, 5.74) is 0.804. The van der Waals surface area contributed by atoms with Crippen LogP contribution in [0, 0.1) is 17.0 Å². The normalized spacial score (nSPS) is 15.1. The molecule has 0 aliphatic carbocycles. The Morgan fingerprint density at radius 3 is 2.38 bits per heavy atom. The number of amides is 1. The van der Waals surface area contributed by atoms with E-state index in [4.69, 9.17) is 4.74 Å². The highest BCUT2D eigenvalue weighted by Gasteiger charge is 2.31. The molecule has 0 N–H and O–H groups in total. The van der Waals surface area contributed by atoms with Crippen LogP contribution in [0.1, 0.15) is 5.56 Å². The highest BCUT2D eigenvalue weighted by atomic mass is 32.2. The summed E-state index contributed by atoms with van der Waals surface area (Å²) in [4.78, 5) is 24.0. The molecule has 29 heavy (non-hydrogen) atoms. The molecule has 9 nitrogen and oxygen atoms in total. The predicted molar refractivity (Wildman–Crippen MR) is 105 cm³/mol. The molecule has 1 amide bonds. The molecule has 1 aliphatic rings. The van der Waals surface area contributed by atoms with Gasteiger partial charge >= 0.3 is 0 Å². The second-order valence-electron chi connectivity index (χ2n) is 6.64. The minimum absolute atomic E-state index is 0.112. The van der Waals surface area contributed by atoms with Crippen molar-refractivity contribution in [3.05, 3.63) is 64.2 Å². The van der Waals surface area contributed by atoms with E-state index in [0.717, 1.165) is 11.6 Å². The van der Waals surface area contributed by atoms with Crippen LogP contribution in [0.25, 0.3) is 0 Å². The molecule has 1 aliphatic heterocycles. The van der Waals surface area contributed by atoms with Gasteiger partial charge in [-0.25, -0.2) is 8.42 Å². The fourth-order valence-electron chi connectivity index (χ4n) is 2.96. The van der Waals surface area contributed by atoms with Gasteiger partial charge in [0.1, 0.15) is 5.75 Å². The van der Waals surface area contributed by atoms with Crippen molar-refractivity contribution in [2.45, 2.75) is 11.8 Å². The maximum Gasteiger partial charge on any atom is 0.270 e. The Morgan fingerprint density at radius 1 is 1.10 bits per heavy atom. The van der Waals surface area contributed by atoms with Gasteiger partial charge < -0.3 is 9.64 Å². The first kappa shape index (κ1) is 20.7. The number of nitro groups is 1. The van der Waals surface area contributed by atoms with Crippen LogP contribution in [0.5, 0.6) is 5.75 Å². The third kappa shape index (κ3) is 4.90. The van der Waals surface area contributed by atoms with Gasteiger partial charge in [-0.05, 0) is 25.1 Å². The van der Waals surface area contributed by atoms with E-state index in [1.54, 1.807) is 17.0 Å². The van der Waals surface area contributed by atoms with E-state index in [9.17, 15) is 23.3 Å². The summed E-state index contributed by atoms with van der Waals surface area (Å²) in [5.74, 6) is 0.369. The number of hydrogen-bond donors (Lipinski definition) is 0. The topological polar surface area (TPSA) is 110 Å². The number of sulfonamides is 1. The maximum absolute atomic E-state index is 12.8. The molecule has 154 valence electrons. The minimum atomic E-state index is -3.87. The lowest BCUT2D eigenvalue weighted by atomic mass is 10.2. The average Bonchev–Trinajstić information content (AvgIpc) is 2.73. The fraction of sp³-hybridized carbons (Fsp3) is 0.316. The summed E-state index contributed by atoms with van der Waals surface area (Å²) in [6.07, 6.45) is 0. The number of nitro benzene ring substituents is 1. The second kappa shape index (κ2) is 8.58. The summed E-state index contributed by atoms with van der Waals surface area (Å²) in [6.45, 7) is 2.51. The highest BCUT2D eigenvalue weighted by Crippen LogP contribution is 2.22. The lowest BCUT2D eigenvalue weighted by molar-refractivity contribution is -0.385. The summed E-state index contributed by atoms with van der Waals surface area (Å²) >= 11 is 0. The molecular formula is C19H21N3O6S. The van der Waals surface area contributed by atoms with E-state index in [-0.39, 0.29) is 49.3 Å². The number of carbonyl (C=O) groups excluding carboxylic acids is 1. The summed E-state index contributed by atoms with van der Waals surface area (Å²) < 4.78 is 32.2. The largest absolute Gasteiger partial charge is 0.484 e. The van der Waals surface area contributed by atoms with Crippen molar-refractivity contribution >= 4 is 21.6 Å². The highest BCUT2D eigenvalue weighted by molar-refractivity contribution is 7.89. The molecule has 10 heteroatoms. The van der Waals surface area contributed by atoms with Gasteiger partial charge in [-0.1, -0.05) is 23.8 Å². The Bertz CT molecular complexity index is 999. The third-order valence-electron chi connectivity index (χ3n) is 4.64. The number of rotatable bonds is 6. The van der Waals surface area contributed by atoms with E-state index in [0.29, 0.717) is 5.75 Å². The molecule has 1 fully saturated rings. The average molecular weight is 419 g/mol. The molecule has 1 heterocycles. The molecule has 0 aromatic heterocycles. The van der Waals surface area contributed by atoms with Gasteiger partial charge in [-0.3, -0.25) is 14.9 Å². The van der Waals surface area contributed by atoms with Gasteiger partial charge in [0.15, 0.2) is 6.61 Å². The molecule has 0 radical (unpaired) electrons. The van der Waals surface area contributed by atoms with E-state index >= 15 is 0 Å². The number of hydrogen-bond acceptors (Lipinski definition) is 6. The summed E-state index contributed by atoms with van der Waals surface area (Å²) in [6, 6.07) is 12.3. The zero-order chi connectivity index (χ0) is 21.0. The number of carbonyl (C=O) groups is 1. The Hall–Kier alpha value is -2.98. The summed E-state index contributed by atoms with van der Waals surface area (Å²) in [5, 5.41) is 10.9. The number of piperazine rings is 1. The van der Waals surface area contributed by atoms with E-state index in [2.05, 4.69) is 0 Å². The quantitative estimate of drug-likeness (QED) is 0.522. The maximum atomic E-state index is 12.8. The Kier molecular flexibility index (Phi) is 6.14. The molecule has 1 saturated heterocycles.